The molecule has 2 rings (SSSR count). The lowest BCUT2D eigenvalue weighted by Crippen LogP contribution is -2.11. The van der Waals surface area contributed by atoms with Gasteiger partial charge in [-0.3, -0.25) is 0 Å². The summed E-state index contributed by atoms with van der Waals surface area (Å²) in [5.74, 6) is 0.912. The van der Waals surface area contributed by atoms with E-state index in [-0.39, 0.29) is 0 Å². The Morgan fingerprint density at radius 3 is 2.68 bits per heavy atom. The molecule has 0 unspecified atom stereocenters. The maximum atomic E-state index is 5.78. The first-order valence-corrected chi connectivity index (χ1v) is 6.44. The third kappa shape index (κ3) is 3.91. The van der Waals surface area contributed by atoms with E-state index in [2.05, 4.69) is 18.3 Å². The fourth-order valence-electron chi connectivity index (χ4n) is 1.86. The maximum Gasteiger partial charge on any atom is 0.119 e. The summed E-state index contributed by atoms with van der Waals surface area (Å²) < 4.78 is 5.68. The van der Waals surface area contributed by atoms with Crippen LogP contribution in [-0.4, -0.2) is 13.2 Å². The Kier molecular flexibility index (Phi) is 4.29. The van der Waals surface area contributed by atoms with Crippen molar-refractivity contribution in [2.24, 2.45) is 0 Å². The smallest absolute Gasteiger partial charge is 0.119 e. The average molecular weight is 256 g/mol. The summed E-state index contributed by atoms with van der Waals surface area (Å²) in [6.45, 7) is 5.45. The van der Waals surface area contributed by atoms with E-state index in [4.69, 9.17) is 10.5 Å². The molecule has 0 aliphatic carbocycles. The summed E-state index contributed by atoms with van der Waals surface area (Å²) in [7, 11) is 0. The molecule has 0 aromatic heterocycles. The number of hydrogen-bond donors (Lipinski definition) is 2. The lowest BCUT2D eigenvalue weighted by molar-refractivity contribution is 0.332. The van der Waals surface area contributed by atoms with Crippen molar-refractivity contribution in [3.05, 3.63) is 53.6 Å². The molecule has 0 amide bonds. The van der Waals surface area contributed by atoms with Gasteiger partial charge < -0.3 is 15.8 Å². The normalized spacial score (nSPS) is 10.2. The third-order valence-electron chi connectivity index (χ3n) is 2.96. The number of ether oxygens (including phenoxy) is 1. The van der Waals surface area contributed by atoms with Gasteiger partial charge in [0, 0.05) is 17.9 Å². The van der Waals surface area contributed by atoms with Crippen LogP contribution >= 0.6 is 0 Å². The molecule has 3 N–H and O–H groups in total. The van der Waals surface area contributed by atoms with E-state index < -0.39 is 0 Å². The molecule has 19 heavy (non-hydrogen) atoms. The first-order chi connectivity index (χ1) is 9.15. The summed E-state index contributed by atoms with van der Waals surface area (Å²) in [4.78, 5) is 0. The van der Waals surface area contributed by atoms with Crippen LogP contribution in [0.4, 0.5) is 11.4 Å². The number of rotatable bonds is 5. The maximum absolute atomic E-state index is 5.78. The van der Waals surface area contributed by atoms with E-state index in [1.165, 1.54) is 5.56 Å². The zero-order valence-corrected chi connectivity index (χ0v) is 11.4. The number of benzene rings is 2. The van der Waals surface area contributed by atoms with Crippen molar-refractivity contribution in [1.82, 2.24) is 0 Å². The number of aryl methyl sites for hydroxylation is 2. The second-order valence-electron chi connectivity index (χ2n) is 4.66. The van der Waals surface area contributed by atoms with Crippen molar-refractivity contribution < 1.29 is 4.74 Å². The van der Waals surface area contributed by atoms with Crippen LogP contribution in [0.15, 0.2) is 42.5 Å². The summed E-state index contributed by atoms with van der Waals surface area (Å²) in [5.41, 5.74) is 9.97. The first-order valence-electron chi connectivity index (χ1n) is 6.44. The molecule has 3 nitrogen and oxygen atoms in total. The largest absolute Gasteiger partial charge is 0.492 e. The molecule has 0 bridgehead atoms. The summed E-state index contributed by atoms with van der Waals surface area (Å²) in [6.07, 6.45) is 0. The van der Waals surface area contributed by atoms with Gasteiger partial charge in [0.2, 0.25) is 0 Å². The minimum Gasteiger partial charge on any atom is -0.492 e. The molecule has 100 valence electrons. The Balaban J connectivity index is 1.79. The predicted molar refractivity (Wildman–Crippen MR) is 80.8 cm³/mol. The molecule has 0 atom stereocenters. The van der Waals surface area contributed by atoms with Gasteiger partial charge >= 0.3 is 0 Å². The molecule has 0 radical (unpaired) electrons. The highest BCUT2D eigenvalue weighted by molar-refractivity contribution is 5.56. The third-order valence-corrected chi connectivity index (χ3v) is 2.96. The Morgan fingerprint density at radius 1 is 1.11 bits per heavy atom. The highest BCUT2D eigenvalue weighted by atomic mass is 16.5. The Morgan fingerprint density at radius 2 is 1.95 bits per heavy atom. The van der Waals surface area contributed by atoms with Crippen molar-refractivity contribution in [3.63, 3.8) is 0 Å². The molecule has 0 saturated heterocycles. The van der Waals surface area contributed by atoms with Gasteiger partial charge in [-0.2, -0.15) is 0 Å². The molecule has 0 spiro atoms. The lowest BCUT2D eigenvalue weighted by atomic mass is 10.2. The molecule has 3 heteroatoms. The summed E-state index contributed by atoms with van der Waals surface area (Å²) in [5, 5.41) is 3.32. The number of nitrogens with two attached hydrogens (primary N) is 1. The Labute approximate surface area is 114 Å². The number of anilines is 2. The van der Waals surface area contributed by atoms with E-state index in [1.54, 1.807) is 0 Å². The number of nitrogen functional groups attached to an aromatic ring is 1. The zero-order chi connectivity index (χ0) is 13.7. The second kappa shape index (κ2) is 6.14. The van der Waals surface area contributed by atoms with Gasteiger partial charge in [0.05, 0.1) is 0 Å². The highest BCUT2D eigenvalue weighted by Gasteiger charge is 1.97. The van der Waals surface area contributed by atoms with Crippen LogP contribution in [0.1, 0.15) is 11.1 Å². The monoisotopic (exact) mass is 256 g/mol. The predicted octanol–water partition coefficient (Wildman–Crippen LogP) is 3.38. The Bertz CT molecular complexity index is 552. The van der Waals surface area contributed by atoms with Crippen molar-refractivity contribution in [2.45, 2.75) is 13.8 Å². The van der Waals surface area contributed by atoms with E-state index >= 15 is 0 Å². The van der Waals surface area contributed by atoms with Gasteiger partial charge in [-0.25, -0.2) is 0 Å². The van der Waals surface area contributed by atoms with Crippen LogP contribution in [0.2, 0.25) is 0 Å². The molecular weight excluding hydrogens is 236 g/mol. The molecule has 0 saturated carbocycles. The molecule has 0 fully saturated rings. The fraction of sp³-hybridized carbons (Fsp3) is 0.250. The van der Waals surface area contributed by atoms with E-state index in [1.807, 2.05) is 43.3 Å². The quantitative estimate of drug-likeness (QED) is 0.637. The molecule has 0 aliphatic heterocycles. The Hall–Kier alpha value is -2.16. The molecule has 0 heterocycles. The van der Waals surface area contributed by atoms with Gasteiger partial charge in [0.15, 0.2) is 0 Å². The first kappa shape index (κ1) is 13.3. The van der Waals surface area contributed by atoms with Crippen LogP contribution in [0.5, 0.6) is 5.75 Å². The van der Waals surface area contributed by atoms with Crippen molar-refractivity contribution in [2.75, 3.05) is 24.2 Å². The van der Waals surface area contributed by atoms with Gasteiger partial charge in [-0.1, -0.05) is 12.1 Å². The van der Waals surface area contributed by atoms with Gasteiger partial charge in [0.1, 0.15) is 12.4 Å². The zero-order valence-electron chi connectivity index (χ0n) is 11.4. The van der Waals surface area contributed by atoms with Gasteiger partial charge in [-0.05, 0) is 55.3 Å². The minimum absolute atomic E-state index is 0.632. The van der Waals surface area contributed by atoms with Crippen LogP contribution in [0.3, 0.4) is 0 Å². The van der Waals surface area contributed by atoms with Gasteiger partial charge in [-0.15, -0.1) is 0 Å². The van der Waals surface area contributed by atoms with Crippen molar-refractivity contribution in [3.8, 4) is 5.75 Å². The molecular formula is C16H20N2O. The SMILES string of the molecule is Cc1cccc(OCCNc2ccc(N)c(C)c2)c1. The molecule has 2 aromatic carbocycles. The summed E-state index contributed by atoms with van der Waals surface area (Å²) in [6, 6.07) is 14.0. The standard InChI is InChI=1S/C16H20N2O/c1-12-4-3-5-15(10-12)19-9-8-18-14-6-7-16(17)13(2)11-14/h3-7,10-11,18H,8-9,17H2,1-2H3. The van der Waals surface area contributed by atoms with E-state index in [9.17, 15) is 0 Å². The number of hydrogen-bond acceptors (Lipinski definition) is 3. The van der Waals surface area contributed by atoms with Crippen LogP contribution in [0, 0.1) is 13.8 Å². The van der Waals surface area contributed by atoms with Crippen LogP contribution in [-0.2, 0) is 0 Å². The molecule has 2 aromatic rings. The fourth-order valence-corrected chi connectivity index (χ4v) is 1.86. The average Bonchev–Trinajstić information content (AvgIpc) is 2.39. The van der Waals surface area contributed by atoms with Crippen molar-refractivity contribution >= 4 is 11.4 Å². The van der Waals surface area contributed by atoms with Crippen LogP contribution in [0.25, 0.3) is 0 Å². The lowest BCUT2D eigenvalue weighted by Gasteiger charge is -2.10. The van der Waals surface area contributed by atoms with Crippen molar-refractivity contribution in [1.29, 1.82) is 0 Å². The highest BCUT2D eigenvalue weighted by Crippen LogP contribution is 2.16. The second-order valence-corrected chi connectivity index (χ2v) is 4.66. The molecule has 0 aliphatic rings. The number of nitrogens with one attached hydrogen (secondary N) is 1. The van der Waals surface area contributed by atoms with Crippen LogP contribution < -0.4 is 15.8 Å². The summed E-state index contributed by atoms with van der Waals surface area (Å²) >= 11 is 0. The minimum atomic E-state index is 0.632. The topological polar surface area (TPSA) is 47.3 Å². The van der Waals surface area contributed by atoms with E-state index in [0.29, 0.717) is 6.61 Å². The van der Waals surface area contributed by atoms with Gasteiger partial charge in [0.25, 0.3) is 0 Å². The van der Waals surface area contributed by atoms with E-state index in [0.717, 1.165) is 29.2 Å².